The van der Waals surface area contributed by atoms with E-state index in [0.717, 1.165) is 18.4 Å². The fourth-order valence-corrected chi connectivity index (χ4v) is 3.23. The highest BCUT2D eigenvalue weighted by molar-refractivity contribution is 5.85. The summed E-state index contributed by atoms with van der Waals surface area (Å²) >= 11 is 0. The lowest BCUT2D eigenvalue weighted by Crippen LogP contribution is -2.36. The summed E-state index contributed by atoms with van der Waals surface area (Å²) < 4.78 is 13.5. The van der Waals surface area contributed by atoms with Gasteiger partial charge in [-0.2, -0.15) is 0 Å². The number of nitrogens with zero attached hydrogens (tertiary/aromatic N) is 1. The van der Waals surface area contributed by atoms with Crippen LogP contribution in [0.3, 0.4) is 0 Å². The van der Waals surface area contributed by atoms with E-state index in [2.05, 4.69) is 26.1 Å². The highest BCUT2D eigenvalue weighted by Crippen LogP contribution is 2.42. The standard InChI is InChI=1S/C17H23FN2O/c1-4-10(2)15-17(21)20(14-8-11(14)3)16(19-15)12-6-5-7-13(18)9-12/h5-7,9-11,14-16,19H,4,8H2,1-3H3. The highest BCUT2D eigenvalue weighted by atomic mass is 19.1. The van der Waals surface area contributed by atoms with Crippen molar-refractivity contribution in [2.75, 3.05) is 0 Å². The van der Waals surface area contributed by atoms with E-state index < -0.39 is 0 Å². The van der Waals surface area contributed by atoms with Gasteiger partial charge in [-0.3, -0.25) is 10.1 Å². The Bertz CT molecular complexity index is 547. The van der Waals surface area contributed by atoms with Gasteiger partial charge in [0, 0.05) is 6.04 Å². The van der Waals surface area contributed by atoms with Crippen molar-refractivity contribution in [3.05, 3.63) is 35.6 Å². The Morgan fingerprint density at radius 1 is 1.48 bits per heavy atom. The quantitative estimate of drug-likeness (QED) is 0.924. The predicted octanol–water partition coefficient (Wildman–Crippen LogP) is 3.08. The smallest absolute Gasteiger partial charge is 0.241 e. The van der Waals surface area contributed by atoms with E-state index in [-0.39, 0.29) is 29.8 Å². The molecule has 3 rings (SSSR count). The minimum atomic E-state index is -0.252. The van der Waals surface area contributed by atoms with Crippen molar-refractivity contribution < 1.29 is 9.18 Å². The highest BCUT2D eigenvalue weighted by Gasteiger charge is 2.51. The van der Waals surface area contributed by atoms with Crippen LogP contribution < -0.4 is 5.32 Å². The molecular weight excluding hydrogens is 267 g/mol. The second-order valence-electron chi connectivity index (χ2n) is 6.51. The number of hydrogen-bond donors (Lipinski definition) is 1. The largest absolute Gasteiger partial charge is 0.318 e. The maximum Gasteiger partial charge on any atom is 0.241 e. The van der Waals surface area contributed by atoms with Gasteiger partial charge < -0.3 is 4.90 Å². The van der Waals surface area contributed by atoms with Crippen LogP contribution in [0.25, 0.3) is 0 Å². The SMILES string of the molecule is CCC(C)C1NC(c2cccc(F)c2)N(C2CC2C)C1=O. The molecule has 1 aliphatic heterocycles. The van der Waals surface area contributed by atoms with E-state index in [1.165, 1.54) is 12.1 Å². The lowest BCUT2D eigenvalue weighted by Gasteiger charge is -2.25. The molecule has 1 aromatic carbocycles. The molecule has 4 heteroatoms. The van der Waals surface area contributed by atoms with Gasteiger partial charge in [-0.1, -0.05) is 39.3 Å². The van der Waals surface area contributed by atoms with E-state index in [4.69, 9.17) is 0 Å². The summed E-state index contributed by atoms with van der Waals surface area (Å²) in [6.07, 6.45) is 1.81. The van der Waals surface area contributed by atoms with Crippen LogP contribution >= 0.6 is 0 Å². The van der Waals surface area contributed by atoms with Gasteiger partial charge in [-0.05, 0) is 36.0 Å². The Morgan fingerprint density at radius 3 is 2.76 bits per heavy atom. The number of halogens is 1. The second-order valence-corrected chi connectivity index (χ2v) is 6.51. The molecule has 5 atom stereocenters. The Morgan fingerprint density at radius 2 is 2.19 bits per heavy atom. The molecular formula is C17H23FN2O. The van der Waals surface area contributed by atoms with Crippen LogP contribution in [0.4, 0.5) is 4.39 Å². The van der Waals surface area contributed by atoms with Crippen molar-refractivity contribution in [1.82, 2.24) is 10.2 Å². The summed E-state index contributed by atoms with van der Waals surface area (Å²) in [5.41, 5.74) is 0.841. The summed E-state index contributed by atoms with van der Waals surface area (Å²) in [6.45, 7) is 6.36. The van der Waals surface area contributed by atoms with Gasteiger partial charge in [0.05, 0.1) is 6.04 Å². The molecule has 3 nitrogen and oxygen atoms in total. The summed E-state index contributed by atoms with van der Waals surface area (Å²) in [5.74, 6) is 0.751. The van der Waals surface area contributed by atoms with Crippen molar-refractivity contribution in [3.8, 4) is 0 Å². The number of amides is 1. The van der Waals surface area contributed by atoms with Gasteiger partial charge in [0.25, 0.3) is 0 Å². The first-order valence-electron chi connectivity index (χ1n) is 7.86. The predicted molar refractivity (Wildman–Crippen MR) is 79.9 cm³/mol. The second kappa shape index (κ2) is 5.41. The van der Waals surface area contributed by atoms with Gasteiger partial charge >= 0.3 is 0 Å². The molecule has 1 N–H and O–H groups in total. The van der Waals surface area contributed by atoms with E-state index in [1.807, 2.05) is 11.0 Å². The topological polar surface area (TPSA) is 32.3 Å². The Kier molecular flexibility index (Phi) is 3.74. The van der Waals surface area contributed by atoms with Crippen LogP contribution in [0.1, 0.15) is 45.3 Å². The first-order valence-corrected chi connectivity index (χ1v) is 7.86. The van der Waals surface area contributed by atoms with Crippen LogP contribution in [0.5, 0.6) is 0 Å². The third kappa shape index (κ3) is 2.57. The van der Waals surface area contributed by atoms with Crippen LogP contribution in [0, 0.1) is 17.7 Å². The number of benzene rings is 1. The zero-order chi connectivity index (χ0) is 15.1. The van der Waals surface area contributed by atoms with Crippen LogP contribution in [0.2, 0.25) is 0 Å². The van der Waals surface area contributed by atoms with Crippen LogP contribution in [-0.2, 0) is 4.79 Å². The van der Waals surface area contributed by atoms with E-state index in [1.54, 1.807) is 6.07 Å². The molecule has 21 heavy (non-hydrogen) atoms. The number of hydrogen-bond acceptors (Lipinski definition) is 2. The lowest BCUT2D eigenvalue weighted by atomic mass is 9.99. The fraction of sp³-hybridized carbons (Fsp3) is 0.588. The maximum atomic E-state index is 13.5. The summed E-state index contributed by atoms with van der Waals surface area (Å²) in [5, 5.41) is 3.44. The minimum absolute atomic E-state index is 0.156. The Labute approximate surface area is 125 Å². The maximum absolute atomic E-state index is 13.5. The number of carbonyl (C=O) groups is 1. The zero-order valence-corrected chi connectivity index (χ0v) is 12.8. The molecule has 1 aromatic rings. The average molecular weight is 290 g/mol. The normalized spacial score (nSPS) is 33.3. The van der Waals surface area contributed by atoms with Crippen LogP contribution in [-0.4, -0.2) is 22.9 Å². The van der Waals surface area contributed by atoms with Gasteiger partial charge in [-0.25, -0.2) is 4.39 Å². The Hall–Kier alpha value is -1.42. The number of nitrogens with one attached hydrogen (secondary N) is 1. The molecule has 1 heterocycles. The molecule has 0 bridgehead atoms. The third-order valence-electron chi connectivity index (χ3n) is 4.94. The van der Waals surface area contributed by atoms with E-state index >= 15 is 0 Å². The van der Waals surface area contributed by atoms with Crippen molar-refractivity contribution in [3.63, 3.8) is 0 Å². The van der Waals surface area contributed by atoms with Crippen molar-refractivity contribution >= 4 is 5.91 Å². The van der Waals surface area contributed by atoms with E-state index in [0.29, 0.717) is 12.0 Å². The Balaban J connectivity index is 1.91. The monoisotopic (exact) mass is 290 g/mol. The minimum Gasteiger partial charge on any atom is -0.318 e. The average Bonchev–Trinajstić information content (AvgIpc) is 3.07. The summed E-state index contributed by atoms with van der Waals surface area (Å²) in [6, 6.07) is 6.72. The van der Waals surface area contributed by atoms with Gasteiger partial charge in [0.15, 0.2) is 0 Å². The van der Waals surface area contributed by atoms with Crippen molar-refractivity contribution in [2.45, 2.75) is 51.9 Å². The molecule has 0 spiro atoms. The first kappa shape index (κ1) is 14.5. The van der Waals surface area contributed by atoms with Gasteiger partial charge in [-0.15, -0.1) is 0 Å². The molecule has 5 unspecified atom stereocenters. The lowest BCUT2D eigenvalue weighted by molar-refractivity contribution is -0.131. The summed E-state index contributed by atoms with van der Waals surface area (Å²) in [4.78, 5) is 14.7. The van der Waals surface area contributed by atoms with Crippen molar-refractivity contribution in [1.29, 1.82) is 0 Å². The molecule has 1 amide bonds. The molecule has 1 saturated heterocycles. The van der Waals surface area contributed by atoms with Gasteiger partial charge in [0.2, 0.25) is 5.91 Å². The van der Waals surface area contributed by atoms with E-state index in [9.17, 15) is 9.18 Å². The fourth-order valence-electron chi connectivity index (χ4n) is 3.23. The molecule has 2 fully saturated rings. The molecule has 1 saturated carbocycles. The van der Waals surface area contributed by atoms with Crippen LogP contribution in [0.15, 0.2) is 24.3 Å². The molecule has 0 aromatic heterocycles. The number of carbonyl (C=O) groups excluding carboxylic acids is 1. The third-order valence-corrected chi connectivity index (χ3v) is 4.94. The van der Waals surface area contributed by atoms with Crippen molar-refractivity contribution in [2.24, 2.45) is 11.8 Å². The molecule has 0 radical (unpaired) electrons. The first-order chi connectivity index (χ1) is 10.0. The summed E-state index contributed by atoms with van der Waals surface area (Å²) in [7, 11) is 0. The zero-order valence-electron chi connectivity index (χ0n) is 12.8. The molecule has 2 aliphatic rings. The van der Waals surface area contributed by atoms with Gasteiger partial charge in [0.1, 0.15) is 12.0 Å². The number of rotatable bonds is 4. The molecule has 1 aliphatic carbocycles. The molecule has 114 valence electrons.